The molecule has 2 rings (SSSR count). The van der Waals surface area contributed by atoms with Gasteiger partial charge >= 0.3 is 6.03 Å². The van der Waals surface area contributed by atoms with Gasteiger partial charge in [0.15, 0.2) is 0 Å². The molecule has 0 spiro atoms. The zero-order chi connectivity index (χ0) is 10.3. The molecule has 80 valence electrons. The molecule has 1 saturated carbocycles. The molecule has 2 fully saturated rings. The lowest BCUT2D eigenvalue weighted by Gasteiger charge is -2.45. The van der Waals surface area contributed by atoms with Crippen molar-refractivity contribution in [3.63, 3.8) is 0 Å². The van der Waals surface area contributed by atoms with Gasteiger partial charge in [0.25, 0.3) is 0 Å². The lowest BCUT2D eigenvalue weighted by molar-refractivity contribution is -0.0146. The first kappa shape index (κ1) is 9.73. The minimum absolute atomic E-state index is 0.00241. The van der Waals surface area contributed by atoms with Gasteiger partial charge in [-0.15, -0.1) is 0 Å². The van der Waals surface area contributed by atoms with Crippen LogP contribution < -0.4 is 11.1 Å². The monoisotopic (exact) mass is 199 g/mol. The molecule has 1 saturated heterocycles. The summed E-state index contributed by atoms with van der Waals surface area (Å²) in [5.74, 6) is 0.447. The summed E-state index contributed by atoms with van der Waals surface area (Å²) in [7, 11) is 3.43. The molecule has 0 radical (unpaired) electrons. The van der Waals surface area contributed by atoms with Crippen LogP contribution in [0.2, 0.25) is 0 Å². The average Bonchev–Trinajstić information content (AvgIpc) is 2.57. The number of carbonyl (C=O) groups is 1. The van der Waals surface area contributed by atoms with E-state index in [1.165, 1.54) is 4.90 Å². The van der Waals surface area contributed by atoms with E-state index < -0.39 is 0 Å². The first-order valence-corrected chi connectivity index (χ1v) is 4.96. The number of urea groups is 1. The second-order valence-corrected chi connectivity index (χ2v) is 4.23. The van der Waals surface area contributed by atoms with E-state index in [4.69, 9.17) is 10.5 Å². The first-order valence-electron chi connectivity index (χ1n) is 4.96. The van der Waals surface area contributed by atoms with E-state index >= 15 is 0 Å². The van der Waals surface area contributed by atoms with Crippen LogP contribution in [0.3, 0.4) is 0 Å². The van der Waals surface area contributed by atoms with Crippen molar-refractivity contribution >= 4 is 6.03 Å². The van der Waals surface area contributed by atoms with Gasteiger partial charge in [-0.2, -0.15) is 0 Å². The van der Waals surface area contributed by atoms with Crippen molar-refractivity contribution in [1.82, 2.24) is 10.2 Å². The zero-order valence-corrected chi connectivity index (χ0v) is 8.56. The van der Waals surface area contributed by atoms with Crippen molar-refractivity contribution in [2.24, 2.45) is 11.7 Å². The minimum atomic E-state index is -0.0978. The molecule has 4 atom stereocenters. The Morgan fingerprint density at radius 1 is 1.57 bits per heavy atom. The Hall–Kier alpha value is -0.810. The first-order chi connectivity index (χ1) is 6.61. The molecular weight excluding hydrogens is 182 g/mol. The van der Waals surface area contributed by atoms with Gasteiger partial charge in [-0.25, -0.2) is 4.79 Å². The number of ether oxygens (including phenoxy) is 1. The molecule has 5 heteroatoms. The highest BCUT2D eigenvalue weighted by Gasteiger charge is 2.52. The third-order valence-corrected chi connectivity index (χ3v) is 3.14. The molecule has 5 nitrogen and oxygen atoms in total. The molecular formula is C9H17N3O2. The van der Waals surface area contributed by atoms with Crippen molar-refractivity contribution in [1.29, 1.82) is 0 Å². The molecule has 0 bridgehead atoms. The molecule has 0 aromatic heterocycles. The molecule has 0 aromatic carbocycles. The molecule has 1 aliphatic carbocycles. The summed E-state index contributed by atoms with van der Waals surface area (Å²) >= 11 is 0. The Bertz CT molecular complexity index is 244. The van der Waals surface area contributed by atoms with Gasteiger partial charge in [0.2, 0.25) is 0 Å². The van der Waals surface area contributed by atoms with Gasteiger partial charge < -0.3 is 20.7 Å². The largest absolute Gasteiger partial charge is 0.376 e. The molecule has 1 heterocycles. The molecule has 4 unspecified atom stereocenters. The van der Waals surface area contributed by atoms with Gasteiger partial charge in [0.1, 0.15) is 0 Å². The number of nitrogens with two attached hydrogens (primary N) is 1. The quantitative estimate of drug-likeness (QED) is 0.591. The minimum Gasteiger partial charge on any atom is -0.376 e. The summed E-state index contributed by atoms with van der Waals surface area (Å²) in [4.78, 5) is 12.9. The van der Waals surface area contributed by atoms with Crippen LogP contribution >= 0.6 is 0 Å². The third-order valence-electron chi connectivity index (χ3n) is 3.14. The van der Waals surface area contributed by atoms with Crippen LogP contribution in [0.15, 0.2) is 0 Å². The lowest BCUT2D eigenvalue weighted by atomic mass is 9.72. The molecule has 2 amide bonds. The van der Waals surface area contributed by atoms with E-state index in [-0.39, 0.29) is 24.2 Å². The summed E-state index contributed by atoms with van der Waals surface area (Å²) in [6.07, 6.45) is 1.18. The number of hydrogen-bond acceptors (Lipinski definition) is 3. The van der Waals surface area contributed by atoms with Crippen LogP contribution in [0.25, 0.3) is 0 Å². The van der Waals surface area contributed by atoms with Crippen LogP contribution in [-0.4, -0.2) is 49.8 Å². The molecule has 1 aliphatic heterocycles. The fraction of sp³-hybridized carbons (Fsp3) is 0.889. The summed E-state index contributed by atoms with van der Waals surface area (Å²) < 4.78 is 5.50. The van der Waals surface area contributed by atoms with Crippen molar-refractivity contribution in [2.45, 2.75) is 24.6 Å². The highest BCUT2D eigenvalue weighted by Crippen LogP contribution is 2.37. The summed E-state index contributed by atoms with van der Waals surface area (Å²) in [5.41, 5.74) is 5.94. The van der Waals surface area contributed by atoms with E-state index in [2.05, 4.69) is 5.32 Å². The fourth-order valence-corrected chi connectivity index (χ4v) is 2.20. The Kier molecular flexibility index (Phi) is 2.36. The topological polar surface area (TPSA) is 67.6 Å². The van der Waals surface area contributed by atoms with E-state index in [1.54, 1.807) is 14.1 Å². The Morgan fingerprint density at radius 3 is 2.93 bits per heavy atom. The number of hydrogen-bond donors (Lipinski definition) is 2. The Morgan fingerprint density at radius 2 is 2.29 bits per heavy atom. The Balaban J connectivity index is 1.90. The predicted octanol–water partition coefficient (Wildman–Crippen LogP) is -0.628. The highest BCUT2D eigenvalue weighted by atomic mass is 16.5. The number of fused-ring (bicyclic) bond motifs is 1. The van der Waals surface area contributed by atoms with Gasteiger partial charge in [-0.05, 0) is 6.42 Å². The maximum atomic E-state index is 11.4. The van der Waals surface area contributed by atoms with Gasteiger partial charge in [0.05, 0.1) is 12.1 Å². The van der Waals surface area contributed by atoms with Crippen LogP contribution in [0.5, 0.6) is 0 Å². The summed E-state index contributed by atoms with van der Waals surface area (Å²) in [5, 5.41) is 2.87. The van der Waals surface area contributed by atoms with Crippen LogP contribution in [0.4, 0.5) is 4.79 Å². The van der Waals surface area contributed by atoms with Crippen LogP contribution in [0.1, 0.15) is 6.42 Å². The Labute approximate surface area is 83.6 Å². The highest BCUT2D eigenvalue weighted by molar-refractivity contribution is 5.74. The van der Waals surface area contributed by atoms with E-state index in [9.17, 15) is 4.79 Å². The van der Waals surface area contributed by atoms with E-state index in [1.807, 2.05) is 0 Å². The van der Waals surface area contributed by atoms with Crippen LogP contribution in [0, 0.1) is 5.92 Å². The van der Waals surface area contributed by atoms with Gasteiger partial charge in [-0.1, -0.05) is 0 Å². The second kappa shape index (κ2) is 3.40. The zero-order valence-electron chi connectivity index (χ0n) is 8.56. The maximum Gasteiger partial charge on any atom is 0.317 e. The lowest BCUT2D eigenvalue weighted by Crippen LogP contribution is -2.69. The van der Waals surface area contributed by atoms with Gasteiger partial charge in [0, 0.05) is 32.7 Å². The molecule has 14 heavy (non-hydrogen) atoms. The van der Waals surface area contributed by atoms with E-state index in [0.29, 0.717) is 5.92 Å². The van der Waals surface area contributed by atoms with Crippen molar-refractivity contribution in [3.8, 4) is 0 Å². The average molecular weight is 199 g/mol. The van der Waals surface area contributed by atoms with Crippen molar-refractivity contribution < 1.29 is 9.53 Å². The second-order valence-electron chi connectivity index (χ2n) is 4.23. The summed E-state index contributed by atoms with van der Waals surface area (Å²) in [6.45, 7) is 0.775. The number of carbonyl (C=O) groups excluding carboxylic acids is 1. The normalized spacial score (nSPS) is 39.9. The maximum absolute atomic E-state index is 11.4. The van der Waals surface area contributed by atoms with Crippen molar-refractivity contribution in [2.75, 3.05) is 20.7 Å². The number of nitrogens with zero attached hydrogens (tertiary/aromatic N) is 1. The van der Waals surface area contributed by atoms with Gasteiger partial charge in [-0.3, -0.25) is 0 Å². The number of nitrogens with one attached hydrogen (secondary N) is 1. The smallest absolute Gasteiger partial charge is 0.317 e. The predicted molar refractivity (Wildman–Crippen MR) is 51.8 cm³/mol. The third kappa shape index (κ3) is 1.36. The molecule has 3 N–H and O–H groups in total. The fourth-order valence-electron chi connectivity index (χ4n) is 2.20. The van der Waals surface area contributed by atoms with Crippen molar-refractivity contribution in [3.05, 3.63) is 0 Å². The summed E-state index contributed by atoms with van der Waals surface area (Å²) in [6, 6.07) is -0.0387. The molecule has 2 aliphatic rings. The van der Waals surface area contributed by atoms with Crippen LogP contribution in [-0.2, 0) is 4.74 Å². The SMILES string of the molecule is CN(C)C(=O)NC1C(N)C2CCOC21. The molecule has 0 aromatic rings. The number of rotatable bonds is 1. The van der Waals surface area contributed by atoms with E-state index in [0.717, 1.165) is 13.0 Å². The standard InChI is InChI=1S/C9H17N3O2/c1-12(2)9(13)11-7-6(10)5-3-4-14-8(5)7/h5-8H,3-4,10H2,1-2H3,(H,11,13). The number of amides is 2.